The molecule has 88 valence electrons. The van der Waals surface area contributed by atoms with E-state index in [2.05, 4.69) is 9.97 Å². The molecule has 4 nitrogen and oxygen atoms in total. The van der Waals surface area contributed by atoms with Crippen molar-refractivity contribution in [1.82, 2.24) is 9.97 Å². The van der Waals surface area contributed by atoms with E-state index < -0.39 is 5.97 Å². The minimum atomic E-state index is -0.844. The number of nitrogens with one attached hydrogen (secondary N) is 1. The molecule has 2 rings (SSSR count). The Balaban J connectivity index is 2.18. The molecule has 0 spiro atoms. The maximum Gasteiger partial charge on any atom is 0.313 e. The lowest BCUT2D eigenvalue weighted by atomic mass is 10.1. The van der Waals surface area contributed by atoms with Gasteiger partial charge in [-0.25, -0.2) is 4.98 Å². The number of aryl methyl sites for hydroxylation is 1. The summed E-state index contributed by atoms with van der Waals surface area (Å²) in [5, 5.41) is 9.21. The van der Waals surface area contributed by atoms with Gasteiger partial charge in [0.2, 0.25) is 0 Å². The van der Waals surface area contributed by atoms with Crippen molar-refractivity contribution in [2.75, 3.05) is 5.75 Å². The molecule has 0 aliphatic rings. The normalized spacial score (nSPS) is 10.4. The van der Waals surface area contributed by atoms with E-state index in [1.54, 1.807) is 6.20 Å². The number of thioether (sulfide) groups is 1. The van der Waals surface area contributed by atoms with Crippen LogP contribution in [0.5, 0.6) is 0 Å². The fourth-order valence-corrected chi connectivity index (χ4v) is 2.09. The van der Waals surface area contributed by atoms with Crippen molar-refractivity contribution < 1.29 is 9.90 Å². The molecule has 0 aliphatic heterocycles. The Morgan fingerprint density at radius 2 is 2.24 bits per heavy atom. The molecule has 5 heteroatoms. The van der Waals surface area contributed by atoms with Gasteiger partial charge in [-0.1, -0.05) is 36.0 Å². The summed E-state index contributed by atoms with van der Waals surface area (Å²) in [6.07, 6.45) is 1.73. The van der Waals surface area contributed by atoms with Crippen molar-refractivity contribution in [1.29, 1.82) is 0 Å². The van der Waals surface area contributed by atoms with Crippen molar-refractivity contribution in [3.63, 3.8) is 0 Å². The average Bonchev–Trinajstić information content (AvgIpc) is 2.75. The number of rotatable bonds is 4. The number of nitrogens with zero attached hydrogens (tertiary/aromatic N) is 1. The first-order valence-corrected chi connectivity index (χ1v) is 6.11. The van der Waals surface area contributed by atoms with Crippen LogP contribution in [0.4, 0.5) is 0 Å². The van der Waals surface area contributed by atoms with Gasteiger partial charge in [0.25, 0.3) is 0 Å². The third-order valence-corrected chi connectivity index (χ3v) is 3.19. The molecule has 0 radical (unpaired) electrons. The van der Waals surface area contributed by atoms with Gasteiger partial charge in [-0.05, 0) is 12.5 Å². The second kappa shape index (κ2) is 5.05. The molecular formula is C12H12N2O2S. The topological polar surface area (TPSA) is 66.0 Å². The Morgan fingerprint density at radius 1 is 1.47 bits per heavy atom. The summed E-state index contributed by atoms with van der Waals surface area (Å²) < 4.78 is 0. The summed E-state index contributed by atoms with van der Waals surface area (Å²) in [7, 11) is 0. The molecule has 1 aromatic heterocycles. The molecule has 2 N–H and O–H groups in total. The highest BCUT2D eigenvalue weighted by molar-refractivity contribution is 7.99. The lowest BCUT2D eigenvalue weighted by Gasteiger charge is -2.01. The van der Waals surface area contributed by atoms with Crippen LogP contribution in [0.1, 0.15) is 5.56 Å². The molecule has 0 unspecified atom stereocenters. The lowest BCUT2D eigenvalue weighted by molar-refractivity contribution is -0.133. The van der Waals surface area contributed by atoms with E-state index in [-0.39, 0.29) is 5.75 Å². The number of carboxylic acids is 1. The number of hydrogen-bond acceptors (Lipinski definition) is 3. The van der Waals surface area contributed by atoms with Crippen molar-refractivity contribution in [2.24, 2.45) is 0 Å². The van der Waals surface area contributed by atoms with Gasteiger partial charge in [-0.3, -0.25) is 4.79 Å². The van der Waals surface area contributed by atoms with Crippen molar-refractivity contribution in [3.8, 4) is 11.3 Å². The molecule has 0 amide bonds. The number of carbonyl (C=O) groups is 1. The number of aromatic nitrogens is 2. The summed E-state index contributed by atoms with van der Waals surface area (Å²) in [6.45, 7) is 2.03. The van der Waals surface area contributed by atoms with Gasteiger partial charge in [0.05, 0.1) is 17.6 Å². The van der Waals surface area contributed by atoms with E-state index in [1.165, 1.54) is 11.8 Å². The molecule has 0 atom stereocenters. The molecule has 0 fully saturated rings. The number of H-pyrrole nitrogens is 1. The first-order chi connectivity index (χ1) is 8.16. The Morgan fingerprint density at radius 3 is 2.94 bits per heavy atom. The Labute approximate surface area is 103 Å². The van der Waals surface area contributed by atoms with Crippen LogP contribution in [-0.2, 0) is 4.79 Å². The molecule has 1 aromatic carbocycles. The monoisotopic (exact) mass is 248 g/mol. The number of carboxylic acid groups (broad SMARTS) is 1. The van der Waals surface area contributed by atoms with Gasteiger partial charge in [0.15, 0.2) is 5.16 Å². The molecule has 0 bridgehead atoms. The van der Waals surface area contributed by atoms with Gasteiger partial charge < -0.3 is 10.1 Å². The first kappa shape index (κ1) is 11.7. The Hall–Kier alpha value is -1.75. The fourth-order valence-electron chi connectivity index (χ4n) is 1.52. The maximum absolute atomic E-state index is 10.4. The van der Waals surface area contributed by atoms with E-state index in [1.807, 2.05) is 31.2 Å². The molecule has 0 saturated carbocycles. The van der Waals surface area contributed by atoms with Crippen LogP contribution in [0.2, 0.25) is 0 Å². The van der Waals surface area contributed by atoms with Crippen molar-refractivity contribution in [3.05, 3.63) is 36.0 Å². The summed E-state index contributed by atoms with van der Waals surface area (Å²) in [4.78, 5) is 17.7. The lowest BCUT2D eigenvalue weighted by Crippen LogP contribution is -1.97. The highest BCUT2D eigenvalue weighted by atomic mass is 32.2. The van der Waals surface area contributed by atoms with E-state index >= 15 is 0 Å². The van der Waals surface area contributed by atoms with Crippen LogP contribution in [0.25, 0.3) is 11.3 Å². The summed E-state index contributed by atoms with van der Waals surface area (Å²) >= 11 is 1.18. The highest BCUT2D eigenvalue weighted by Crippen LogP contribution is 2.23. The van der Waals surface area contributed by atoms with Gasteiger partial charge in [-0.15, -0.1) is 0 Å². The molecule has 0 saturated heterocycles. The van der Waals surface area contributed by atoms with Crippen LogP contribution in [0.15, 0.2) is 35.6 Å². The predicted molar refractivity (Wildman–Crippen MR) is 67.1 cm³/mol. The Bertz CT molecular complexity index is 537. The Kier molecular flexibility index (Phi) is 3.49. The second-order valence-electron chi connectivity index (χ2n) is 3.60. The van der Waals surface area contributed by atoms with Crippen LogP contribution in [0.3, 0.4) is 0 Å². The van der Waals surface area contributed by atoms with Crippen LogP contribution in [-0.4, -0.2) is 26.8 Å². The molecule has 0 aliphatic carbocycles. The summed E-state index contributed by atoms with van der Waals surface area (Å²) in [5.41, 5.74) is 3.16. The van der Waals surface area contributed by atoms with Crippen molar-refractivity contribution in [2.45, 2.75) is 12.1 Å². The SMILES string of the molecule is Cc1ccccc1-c1cnc(SCC(=O)O)[nH]1. The zero-order valence-corrected chi connectivity index (χ0v) is 10.1. The molecule has 17 heavy (non-hydrogen) atoms. The fraction of sp³-hybridized carbons (Fsp3) is 0.167. The van der Waals surface area contributed by atoms with E-state index in [0.717, 1.165) is 16.8 Å². The minimum absolute atomic E-state index is 0.0146. The van der Waals surface area contributed by atoms with Crippen LogP contribution >= 0.6 is 11.8 Å². The molecule has 1 heterocycles. The van der Waals surface area contributed by atoms with Gasteiger partial charge in [0, 0.05) is 5.56 Å². The molecule has 2 aromatic rings. The predicted octanol–water partition coefficient (Wildman–Crippen LogP) is 2.56. The van der Waals surface area contributed by atoms with Crippen LogP contribution < -0.4 is 0 Å². The number of imidazole rings is 1. The second-order valence-corrected chi connectivity index (χ2v) is 4.56. The van der Waals surface area contributed by atoms with E-state index in [4.69, 9.17) is 5.11 Å². The third kappa shape index (κ3) is 2.88. The molecular weight excluding hydrogens is 236 g/mol. The minimum Gasteiger partial charge on any atom is -0.481 e. The number of benzene rings is 1. The third-order valence-electron chi connectivity index (χ3n) is 2.32. The largest absolute Gasteiger partial charge is 0.481 e. The quantitative estimate of drug-likeness (QED) is 0.816. The highest BCUT2D eigenvalue weighted by Gasteiger charge is 2.07. The number of aromatic amines is 1. The number of hydrogen-bond donors (Lipinski definition) is 2. The van der Waals surface area contributed by atoms with E-state index in [0.29, 0.717) is 5.16 Å². The van der Waals surface area contributed by atoms with Gasteiger partial charge >= 0.3 is 5.97 Å². The van der Waals surface area contributed by atoms with Crippen molar-refractivity contribution >= 4 is 17.7 Å². The first-order valence-electron chi connectivity index (χ1n) is 5.12. The zero-order chi connectivity index (χ0) is 12.3. The summed E-state index contributed by atoms with van der Waals surface area (Å²) in [5.74, 6) is -0.829. The van der Waals surface area contributed by atoms with Gasteiger partial charge in [0.1, 0.15) is 0 Å². The maximum atomic E-state index is 10.4. The van der Waals surface area contributed by atoms with Gasteiger partial charge in [-0.2, -0.15) is 0 Å². The average molecular weight is 248 g/mol. The standard InChI is InChI=1S/C12H12N2O2S/c1-8-4-2-3-5-9(8)10-6-13-12(14-10)17-7-11(15)16/h2-6H,7H2,1H3,(H,13,14)(H,15,16). The zero-order valence-electron chi connectivity index (χ0n) is 9.30. The summed E-state index contributed by atoms with van der Waals surface area (Å²) in [6, 6.07) is 7.98. The van der Waals surface area contributed by atoms with Crippen LogP contribution in [0, 0.1) is 6.92 Å². The van der Waals surface area contributed by atoms with E-state index in [9.17, 15) is 4.79 Å². The number of aliphatic carboxylic acids is 1. The smallest absolute Gasteiger partial charge is 0.313 e.